The van der Waals surface area contributed by atoms with Crippen molar-refractivity contribution in [3.05, 3.63) is 56.7 Å². The highest BCUT2D eigenvalue weighted by molar-refractivity contribution is 9.10. The summed E-state index contributed by atoms with van der Waals surface area (Å²) >= 11 is 4.97. The number of Topliss-reactive ketones (excluding diaryl/α,β-unsaturated/α-hetero) is 1. The highest BCUT2D eigenvalue weighted by Gasteiger charge is 2.06. The molecule has 0 radical (unpaired) electrons. The van der Waals surface area contributed by atoms with Gasteiger partial charge in [-0.2, -0.15) is 0 Å². The van der Waals surface area contributed by atoms with Gasteiger partial charge in [-0.3, -0.25) is 4.79 Å². The lowest BCUT2D eigenvalue weighted by atomic mass is 10.1. The summed E-state index contributed by atoms with van der Waals surface area (Å²) in [7, 11) is 0. The van der Waals surface area contributed by atoms with Crippen LogP contribution in [0.15, 0.2) is 46.3 Å². The molecule has 17 heavy (non-hydrogen) atoms. The van der Waals surface area contributed by atoms with Crippen molar-refractivity contribution in [2.24, 2.45) is 0 Å². The van der Waals surface area contributed by atoms with E-state index in [-0.39, 0.29) is 12.4 Å². The van der Waals surface area contributed by atoms with Crippen molar-refractivity contribution < 1.29 is 9.53 Å². The standard InChI is InChI=1S/C13H11BrO2S/c14-11-4-1-3-10(7-11)13(15)9-16-8-12-5-2-6-17-12/h1-7H,8-9H2. The normalized spacial score (nSPS) is 10.4. The number of ether oxygens (including phenoxy) is 1. The number of hydrogen-bond donors (Lipinski definition) is 0. The maximum atomic E-state index is 11.8. The number of carbonyl (C=O) groups excluding carboxylic acids is 1. The van der Waals surface area contributed by atoms with Gasteiger partial charge in [0.25, 0.3) is 0 Å². The Bertz CT molecular complexity index is 494. The van der Waals surface area contributed by atoms with Crippen LogP contribution in [0, 0.1) is 0 Å². The molecule has 2 rings (SSSR count). The first-order valence-corrected chi connectivity index (χ1v) is 6.82. The second-order valence-electron chi connectivity index (χ2n) is 3.51. The van der Waals surface area contributed by atoms with Gasteiger partial charge in [-0.05, 0) is 23.6 Å². The van der Waals surface area contributed by atoms with Crippen molar-refractivity contribution in [1.29, 1.82) is 0 Å². The van der Waals surface area contributed by atoms with E-state index in [9.17, 15) is 4.79 Å². The molecule has 2 nitrogen and oxygen atoms in total. The van der Waals surface area contributed by atoms with E-state index < -0.39 is 0 Å². The van der Waals surface area contributed by atoms with E-state index in [4.69, 9.17) is 4.74 Å². The van der Waals surface area contributed by atoms with Gasteiger partial charge in [0.1, 0.15) is 6.61 Å². The molecule has 4 heteroatoms. The van der Waals surface area contributed by atoms with Crippen LogP contribution < -0.4 is 0 Å². The van der Waals surface area contributed by atoms with Crippen molar-refractivity contribution in [3.63, 3.8) is 0 Å². The Morgan fingerprint density at radius 1 is 1.29 bits per heavy atom. The van der Waals surface area contributed by atoms with Crippen molar-refractivity contribution in [2.45, 2.75) is 6.61 Å². The molecule has 1 heterocycles. The van der Waals surface area contributed by atoms with Gasteiger partial charge in [0.15, 0.2) is 5.78 Å². The van der Waals surface area contributed by atoms with Crippen molar-refractivity contribution in [2.75, 3.05) is 6.61 Å². The average Bonchev–Trinajstić information content (AvgIpc) is 2.82. The van der Waals surface area contributed by atoms with Gasteiger partial charge < -0.3 is 4.74 Å². The van der Waals surface area contributed by atoms with Crippen LogP contribution in [0.5, 0.6) is 0 Å². The Hall–Kier alpha value is -0.970. The largest absolute Gasteiger partial charge is 0.368 e. The van der Waals surface area contributed by atoms with Crippen LogP contribution in [0.2, 0.25) is 0 Å². The number of rotatable bonds is 5. The maximum Gasteiger partial charge on any atom is 0.188 e. The summed E-state index contributed by atoms with van der Waals surface area (Å²) < 4.78 is 6.28. The highest BCUT2D eigenvalue weighted by Crippen LogP contribution is 2.13. The molecule has 0 N–H and O–H groups in total. The molecule has 0 unspecified atom stereocenters. The summed E-state index contributed by atoms with van der Waals surface area (Å²) in [5, 5.41) is 1.99. The zero-order valence-electron chi connectivity index (χ0n) is 9.06. The molecule has 0 spiro atoms. The van der Waals surface area contributed by atoms with Gasteiger partial charge in [0.2, 0.25) is 0 Å². The Balaban J connectivity index is 1.85. The van der Waals surface area contributed by atoms with E-state index >= 15 is 0 Å². The second-order valence-corrected chi connectivity index (χ2v) is 5.45. The molecule has 2 aromatic rings. The van der Waals surface area contributed by atoms with Gasteiger partial charge in [-0.25, -0.2) is 0 Å². The van der Waals surface area contributed by atoms with E-state index in [2.05, 4.69) is 15.9 Å². The SMILES string of the molecule is O=C(COCc1cccs1)c1cccc(Br)c1. The monoisotopic (exact) mass is 310 g/mol. The van der Waals surface area contributed by atoms with Gasteiger partial charge >= 0.3 is 0 Å². The van der Waals surface area contributed by atoms with Crippen LogP contribution in [0.25, 0.3) is 0 Å². The predicted octanol–water partition coefficient (Wildman–Crippen LogP) is 3.91. The third-order valence-electron chi connectivity index (χ3n) is 2.20. The molecule has 0 aliphatic rings. The molecule has 88 valence electrons. The Morgan fingerprint density at radius 3 is 2.88 bits per heavy atom. The third kappa shape index (κ3) is 3.77. The number of ketones is 1. The number of hydrogen-bond acceptors (Lipinski definition) is 3. The Labute approximate surface area is 112 Å². The minimum absolute atomic E-state index is 0.00264. The molecule has 1 aromatic heterocycles. The minimum atomic E-state index is 0.00264. The zero-order chi connectivity index (χ0) is 12.1. The molecule has 0 saturated heterocycles. The van der Waals surface area contributed by atoms with Crippen LogP contribution in [-0.4, -0.2) is 12.4 Å². The van der Waals surface area contributed by atoms with Gasteiger partial charge in [-0.1, -0.05) is 34.1 Å². The smallest absolute Gasteiger partial charge is 0.188 e. The Morgan fingerprint density at radius 2 is 2.18 bits per heavy atom. The molecule has 0 amide bonds. The number of carbonyl (C=O) groups is 1. The molecule has 0 fully saturated rings. The zero-order valence-corrected chi connectivity index (χ0v) is 11.5. The molecule has 1 aromatic carbocycles. The van der Waals surface area contributed by atoms with Gasteiger partial charge in [-0.15, -0.1) is 11.3 Å². The number of thiophene rings is 1. The number of benzene rings is 1. The average molecular weight is 311 g/mol. The molecular formula is C13H11BrO2S. The Kier molecular flexibility index (Phi) is 4.48. The summed E-state index contributed by atoms with van der Waals surface area (Å²) in [5.41, 5.74) is 0.672. The fourth-order valence-corrected chi connectivity index (χ4v) is 2.42. The van der Waals surface area contributed by atoms with Crippen molar-refractivity contribution >= 4 is 33.0 Å². The van der Waals surface area contributed by atoms with Crippen LogP contribution in [-0.2, 0) is 11.3 Å². The van der Waals surface area contributed by atoms with Crippen molar-refractivity contribution in [3.8, 4) is 0 Å². The topological polar surface area (TPSA) is 26.3 Å². The molecule has 0 aliphatic carbocycles. The highest BCUT2D eigenvalue weighted by atomic mass is 79.9. The van der Waals surface area contributed by atoms with Crippen LogP contribution in [0.3, 0.4) is 0 Å². The first-order chi connectivity index (χ1) is 8.25. The number of halogens is 1. The molecule has 0 atom stereocenters. The van der Waals surface area contributed by atoms with Crippen LogP contribution in [0.4, 0.5) is 0 Å². The lowest BCUT2D eigenvalue weighted by Crippen LogP contribution is -2.08. The van der Waals surface area contributed by atoms with Crippen LogP contribution in [0.1, 0.15) is 15.2 Å². The van der Waals surface area contributed by atoms with E-state index in [1.807, 2.05) is 29.6 Å². The lowest BCUT2D eigenvalue weighted by molar-refractivity contribution is 0.0731. The first-order valence-electron chi connectivity index (χ1n) is 5.14. The minimum Gasteiger partial charge on any atom is -0.368 e. The molecule has 0 saturated carbocycles. The second kappa shape index (κ2) is 6.10. The van der Waals surface area contributed by atoms with Gasteiger partial charge in [0.05, 0.1) is 6.61 Å². The van der Waals surface area contributed by atoms with Crippen LogP contribution >= 0.6 is 27.3 Å². The van der Waals surface area contributed by atoms with Crippen molar-refractivity contribution in [1.82, 2.24) is 0 Å². The molecular weight excluding hydrogens is 300 g/mol. The van der Waals surface area contributed by atoms with E-state index in [1.165, 1.54) is 0 Å². The molecule has 0 bridgehead atoms. The quantitative estimate of drug-likeness (QED) is 0.783. The molecule has 0 aliphatic heterocycles. The maximum absolute atomic E-state index is 11.8. The summed E-state index contributed by atoms with van der Waals surface area (Å²) in [6.07, 6.45) is 0. The summed E-state index contributed by atoms with van der Waals surface area (Å²) in [6, 6.07) is 11.3. The van der Waals surface area contributed by atoms with E-state index in [0.29, 0.717) is 12.2 Å². The predicted molar refractivity (Wildman–Crippen MR) is 72.4 cm³/mol. The third-order valence-corrected chi connectivity index (χ3v) is 3.55. The lowest BCUT2D eigenvalue weighted by Gasteiger charge is -2.02. The van der Waals surface area contributed by atoms with E-state index in [0.717, 1.165) is 9.35 Å². The fraction of sp³-hybridized carbons (Fsp3) is 0.154. The fourth-order valence-electron chi connectivity index (χ4n) is 1.38. The summed E-state index contributed by atoms with van der Waals surface area (Å²) in [6.45, 7) is 0.617. The summed E-state index contributed by atoms with van der Waals surface area (Å²) in [5.74, 6) is 0.00264. The first kappa shape index (κ1) is 12.5. The summed E-state index contributed by atoms with van der Waals surface area (Å²) in [4.78, 5) is 12.9. The van der Waals surface area contributed by atoms with E-state index in [1.54, 1.807) is 23.5 Å². The van der Waals surface area contributed by atoms with Gasteiger partial charge in [0, 0.05) is 14.9 Å².